The van der Waals surface area contributed by atoms with Crippen LogP contribution in [0, 0.1) is 6.92 Å². The Labute approximate surface area is 143 Å². The van der Waals surface area contributed by atoms with Gasteiger partial charge in [0.1, 0.15) is 11.7 Å². The summed E-state index contributed by atoms with van der Waals surface area (Å²) in [4.78, 5) is 44.0. The predicted octanol–water partition coefficient (Wildman–Crippen LogP) is 1.85. The SMILES string of the molecule is Cc1nc(C(=O)N(C)C2CC(=O)N(Cc3ccccc3)C2=O)cs1. The van der Waals surface area contributed by atoms with Gasteiger partial charge in [0, 0.05) is 12.4 Å². The lowest BCUT2D eigenvalue weighted by atomic mass is 10.2. The van der Waals surface area contributed by atoms with E-state index in [0.29, 0.717) is 5.69 Å². The summed E-state index contributed by atoms with van der Waals surface area (Å²) in [6.45, 7) is 2.04. The van der Waals surface area contributed by atoms with Crippen molar-refractivity contribution in [3.63, 3.8) is 0 Å². The first-order chi connectivity index (χ1) is 11.5. The standard InChI is InChI=1S/C17H17N3O3S/c1-11-18-13(10-24-11)16(22)19(2)14-8-15(21)20(17(14)23)9-12-6-4-3-5-7-12/h3-7,10,14H,8-9H2,1-2H3. The molecule has 124 valence electrons. The minimum absolute atomic E-state index is 0.0109. The predicted molar refractivity (Wildman–Crippen MR) is 89.3 cm³/mol. The second kappa shape index (κ2) is 6.52. The van der Waals surface area contributed by atoms with E-state index in [1.165, 1.54) is 21.1 Å². The van der Waals surface area contributed by atoms with E-state index in [2.05, 4.69) is 4.98 Å². The van der Waals surface area contributed by atoms with Gasteiger partial charge in [-0.3, -0.25) is 19.3 Å². The Kier molecular flexibility index (Phi) is 4.44. The van der Waals surface area contributed by atoms with Gasteiger partial charge in [-0.15, -0.1) is 11.3 Å². The zero-order valence-electron chi connectivity index (χ0n) is 13.4. The first-order valence-electron chi connectivity index (χ1n) is 7.55. The lowest BCUT2D eigenvalue weighted by molar-refractivity contribution is -0.140. The number of hydrogen-bond acceptors (Lipinski definition) is 5. The monoisotopic (exact) mass is 343 g/mol. The molecule has 0 aliphatic carbocycles. The van der Waals surface area contributed by atoms with E-state index in [9.17, 15) is 14.4 Å². The van der Waals surface area contributed by atoms with Gasteiger partial charge in [0.25, 0.3) is 11.8 Å². The Morgan fingerprint density at radius 2 is 2.04 bits per heavy atom. The van der Waals surface area contributed by atoms with Crippen LogP contribution >= 0.6 is 11.3 Å². The van der Waals surface area contributed by atoms with Crippen molar-refractivity contribution in [2.24, 2.45) is 0 Å². The van der Waals surface area contributed by atoms with Crippen LogP contribution in [0.4, 0.5) is 0 Å². The van der Waals surface area contributed by atoms with Gasteiger partial charge in [0.15, 0.2) is 0 Å². The topological polar surface area (TPSA) is 70.6 Å². The van der Waals surface area contributed by atoms with Gasteiger partial charge in [-0.2, -0.15) is 0 Å². The fourth-order valence-electron chi connectivity index (χ4n) is 2.68. The van der Waals surface area contributed by atoms with Crippen molar-refractivity contribution in [3.8, 4) is 0 Å². The Morgan fingerprint density at radius 3 is 2.67 bits per heavy atom. The summed E-state index contributed by atoms with van der Waals surface area (Å²) in [6, 6.07) is 8.55. The molecule has 0 spiro atoms. The number of nitrogens with zero attached hydrogens (tertiary/aromatic N) is 3. The summed E-state index contributed by atoms with van der Waals surface area (Å²) in [5.41, 5.74) is 1.19. The molecule has 7 heteroatoms. The molecule has 2 heterocycles. The molecule has 1 fully saturated rings. The number of benzene rings is 1. The molecule has 1 saturated heterocycles. The molecule has 0 N–H and O–H groups in total. The Balaban J connectivity index is 1.74. The molecule has 0 bridgehead atoms. The number of thiazole rings is 1. The molecule has 0 radical (unpaired) electrons. The molecule has 0 saturated carbocycles. The molecule has 3 amide bonds. The molecular formula is C17H17N3O3S. The second-order valence-electron chi connectivity index (χ2n) is 5.69. The van der Waals surface area contributed by atoms with E-state index in [1.807, 2.05) is 37.3 Å². The minimum Gasteiger partial charge on any atom is -0.328 e. The number of hydrogen-bond donors (Lipinski definition) is 0. The van der Waals surface area contributed by atoms with Gasteiger partial charge in [-0.05, 0) is 12.5 Å². The highest BCUT2D eigenvalue weighted by molar-refractivity contribution is 7.09. The van der Waals surface area contributed by atoms with Crippen LogP contribution in [0.5, 0.6) is 0 Å². The zero-order valence-corrected chi connectivity index (χ0v) is 14.2. The molecule has 24 heavy (non-hydrogen) atoms. The Hall–Kier alpha value is -2.54. The number of rotatable bonds is 4. The van der Waals surface area contributed by atoms with Crippen LogP contribution in [-0.2, 0) is 16.1 Å². The van der Waals surface area contributed by atoms with Crippen molar-refractivity contribution in [3.05, 3.63) is 52.0 Å². The van der Waals surface area contributed by atoms with Gasteiger partial charge in [0.05, 0.1) is 18.0 Å². The van der Waals surface area contributed by atoms with Crippen molar-refractivity contribution < 1.29 is 14.4 Å². The third-order valence-electron chi connectivity index (χ3n) is 4.03. The van der Waals surface area contributed by atoms with E-state index in [-0.39, 0.29) is 30.7 Å². The van der Waals surface area contributed by atoms with Crippen molar-refractivity contribution in [2.45, 2.75) is 25.9 Å². The minimum atomic E-state index is -0.768. The van der Waals surface area contributed by atoms with E-state index in [4.69, 9.17) is 0 Å². The lowest BCUT2D eigenvalue weighted by Crippen LogP contribution is -2.43. The third-order valence-corrected chi connectivity index (χ3v) is 4.80. The number of imide groups is 1. The number of amides is 3. The van der Waals surface area contributed by atoms with Crippen molar-refractivity contribution in [1.82, 2.24) is 14.8 Å². The van der Waals surface area contributed by atoms with Gasteiger partial charge in [-0.25, -0.2) is 4.98 Å². The molecule has 1 unspecified atom stereocenters. The maximum absolute atomic E-state index is 12.6. The molecule has 6 nitrogen and oxygen atoms in total. The first kappa shape index (κ1) is 16.3. The number of likely N-dealkylation sites (tertiary alicyclic amines) is 1. The highest BCUT2D eigenvalue weighted by Crippen LogP contribution is 2.22. The summed E-state index contributed by atoms with van der Waals surface area (Å²) in [5.74, 6) is -0.943. The summed E-state index contributed by atoms with van der Waals surface area (Å²) >= 11 is 1.38. The Bertz CT molecular complexity index is 787. The average molecular weight is 343 g/mol. The van der Waals surface area contributed by atoms with Gasteiger partial charge in [0.2, 0.25) is 5.91 Å². The summed E-state index contributed by atoms with van der Waals surface area (Å²) < 4.78 is 0. The Morgan fingerprint density at radius 1 is 1.33 bits per heavy atom. The molecule has 2 aromatic rings. The molecular weight excluding hydrogens is 326 g/mol. The maximum atomic E-state index is 12.6. The van der Waals surface area contributed by atoms with Crippen LogP contribution in [0.1, 0.15) is 27.5 Å². The van der Waals surface area contributed by atoms with E-state index < -0.39 is 6.04 Å². The first-order valence-corrected chi connectivity index (χ1v) is 8.42. The van der Waals surface area contributed by atoms with Gasteiger partial charge >= 0.3 is 0 Å². The van der Waals surface area contributed by atoms with Crippen LogP contribution < -0.4 is 0 Å². The third kappa shape index (κ3) is 3.07. The number of likely N-dealkylation sites (N-methyl/N-ethyl adjacent to an activating group) is 1. The lowest BCUT2D eigenvalue weighted by Gasteiger charge is -2.22. The number of carbonyl (C=O) groups is 3. The van der Waals surface area contributed by atoms with Crippen molar-refractivity contribution in [2.75, 3.05) is 7.05 Å². The van der Waals surface area contributed by atoms with Gasteiger partial charge < -0.3 is 4.90 Å². The average Bonchev–Trinajstić information content (AvgIpc) is 3.13. The molecule has 1 aliphatic rings. The van der Waals surface area contributed by atoms with E-state index >= 15 is 0 Å². The fourth-order valence-corrected chi connectivity index (χ4v) is 3.27. The maximum Gasteiger partial charge on any atom is 0.273 e. The number of aromatic nitrogens is 1. The molecule has 1 aliphatic heterocycles. The van der Waals surface area contributed by atoms with Crippen LogP contribution in [0.25, 0.3) is 0 Å². The smallest absolute Gasteiger partial charge is 0.273 e. The van der Waals surface area contributed by atoms with Gasteiger partial charge in [-0.1, -0.05) is 30.3 Å². The highest BCUT2D eigenvalue weighted by Gasteiger charge is 2.42. The quantitative estimate of drug-likeness (QED) is 0.795. The molecule has 1 aromatic heterocycles. The normalized spacial score (nSPS) is 17.4. The number of aryl methyl sites for hydroxylation is 1. The molecule has 3 rings (SSSR count). The van der Waals surface area contributed by atoms with Crippen LogP contribution in [0.15, 0.2) is 35.7 Å². The molecule has 1 atom stereocenters. The summed E-state index contributed by atoms with van der Waals surface area (Å²) in [6.07, 6.45) is 0.0109. The van der Waals surface area contributed by atoms with Crippen molar-refractivity contribution >= 4 is 29.1 Å². The number of carbonyl (C=O) groups excluding carboxylic acids is 3. The van der Waals surface area contributed by atoms with Crippen molar-refractivity contribution in [1.29, 1.82) is 0 Å². The van der Waals surface area contributed by atoms with Crippen LogP contribution in [-0.4, -0.2) is 45.6 Å². The van der Waals surface area contributed by atoms with Crippen LogP contribution in [0.2, 0.25) is 0 Å². The summed E-state index contributed by atoms with van der Waals surface area (Å²) in [7, 11) is 1.54. The van der Waals surface area contributed by atoms with Crippen LogP contribution in [0.3, 0.4) is 0 Å². The fraction of sp³-hybridized carbons (Fsp3) is 0.294. The summed E-state index contributed by atoms with van der Waals surface area (Å²) in [5, 5.41) is 2.45. The van der Waals surface area contributed by atoms with E-state index in [1.54, 1.807) is 12.4 Å². The zero-order chi connectivity index (χ0) is 17.3. The van der Waals surface area contributed by atoms with E-state index in [0.717, 1.165) is 10.6 Å². The second-order valence-corrected chi connectivity index (χ2v) is 6.75. The molecule has 1 aromatic carbocycles. The highest BCUT2D eigenvalue weighted by atomic mass is 32.1. The largest absolute Gasteiger partial charge is 0.328 e.